The van der Waals surface area contributed by atoms with Crippen LogP contribution < -0.4 is 4.59 Å². The second-order valence-electron chi connectivity index (χ2n) is 5.92. The Kier molecular flexibility index (Phi) is 4.14. The first kappa shape index (κ1) is 16.6. The van der Waals surface area contributed by atoms with Gasteiger partial charge in [0.25, 0.3) is 0 Å². The zero-order chi connectivity index (χ0) is 16.7. The third-order valence-corrected chi connectivity index (χ3v) is 4.02. The molecule has 0 saturated heterocycles. The van der Waals surface area contributed by atoms with Crippen molar-refractivity contribution in [3.05, 3.63) is 28.2 Å². The highest BCUT2D eigenvalue weighted by atomic mass is 79.9. The van der Waals surface area contributed by atoms with Crippen molar-refractivity contribution in [2.45, 2.75) is 33.2 Å². The number of carbonyl (C=O) groups is 2. The number of carboxylic acid groups (broad SMARTS) is 1. The van der Waals surface area contributed by atoms with Crippen molar-refractivity contribution in [3.8, 4) is 0 Å². The Hall–Kier alpha value is -1.73. The van der Waals surface area contributed by atoms with Gasteiger partial charge in [-0.15, -0.1) is 0 Å². The van der Waals surface area contributed by atoms with Gasteiger partial charge in [0.2, 0.25) is 5.71 Å². The van der Waals surface area contributed by atoms with E-state index in [1.165, 1.54) is 0 Å². The number of rotatable bonds is 2. The molecule has 2 rings (SSSR count). The summed E-state index contributed by atoms with van der Waals surface area (Å²) < 4.78 is 5.04. The molecule has 0 radical (unpaired) electrons. The number of nitrogens with zero attached hydrogens (tertiary/aromatic N) is 2. The summed E-state index contributed by atoms with van der Waals surface area (Å²) in [5.41, 5.74) is 0.188. The van der Waals surface area contributed by atoms with Crippen LogP contribution in [-0.4, -0.2) is 35.0 Å². The molecule has 0 fully saturated rings. The molecular formula is C15H18BrN2O4+. The molecule has 0 spiro atoms. The molecule has 1 N–H and O–H groups in total. The molecule has 1 atom stereocenters. The Balaban J connectivity index is 2.78. The van der Waals surface area contributed by atoms with E-state index in [1.807, 2.05) is 0 Å². The van der Waals surface area contributed by atoms with Gasteiger partial charge >= 0.3 is 12.1 Å². The summed E-state index contributed by atoms with van der Waals surface area (Å²) >= 11 is 3.35. The number of hydrogen-bond acceptors (Lipinski definition) is 4. The molecule has 118 valence electrons. The summed E-state index contributed by atoms with van der Waals surface area (Å²) in [5, 5.41) is 14.1. The fraction of sp³-hybridized carbons (Fsp3) is 0.400. The lowest BCUT2D eigenvalue weighted by Gasteiger charge is -2.35. The van der Waals surface area contributed by atoms with Gasteiger partial charge in [0.1, 0.15) is 5.54 Å². The zero-order valence-electron chi connectivity index (χ0n) is 12.9. The maximum atomic E-state index is 12.2. The average molecular weight is 370 g/mol. The molecule has 1 aliphatic rings. The van der Waals surface area contributed by atoms with Crippen molar-refractivity contribution in [1.29, 1.82) is 0 Å². The number of amides is 1. The SMILES string of the molecule is CCOC(=O)C1=N[N+](C(=O)O)(C(C)(C)C)c2cc(Br)ccc21. The standard InChI is InChI=1S/C15H17BrN2O4/c1-5-22-13(19)12-10-7-6-9(16)8-11(10)18(17-12,14(20)21)15(2,3)4/h6-8H,5H2,1-4H3/p+1. The van der Waals surface area contributed by atoms with E-state index in [1.54, 1.807) is 45.9 Å². The summed E-state index contributed by atoms with van der Waals surface area (Å²) in [6, 6.07) is 5.12. The van der Waals surface area contributed by atoms with Crippen LogP contribution in [0.15, 0.2) is 27.8 Å². The van der Waals surface area contributed by atoms with Gasteiger partial charge in [0, 0.05) is 10.5 Å². The Morgan fingerprint density at radius 3 is 2.50 bits per heavy atom. The Morgan fingerprint density at radius 1 is 1.36 bits per heavy atom. The maximum absolute atomic E-state index is 12.2. The Labute approximate surface area is 137 Å². The maximum Gasteiger partial charge on any atom is 0.546 e. The second-order valence-corrected chi connectivity index (χ2v) is 6.84. The van der Waals surface area contributed by atoms with Crippen molar-refractivity contribution in [3.63, 3.8) is 0 Å². The number of ether oxygens (including phenoxy) is 1. The molecule has 22 heavy (non-hydrogen) atoms. The molecule has 0 aliphatic carbocycles. The molecule has 1 heterocycles. The largest absolute Gasteiger partial charge is 0.546 e. The minimum Gasteiger partial charge on any atom is -0.461 e. The van der Waals surface area contributed by atoms with Gasteiger partial charge < -0.3 is 9.84 Å². The van der Waals surface area contributed by atoms with E-state index < -0.39 is 22.2 Å². The molecule has 0 saturated carbocycles. The van der Waals surface area contributed by atoms with Crippen LogP contribution in [0, 0.1) is 0 Å². The van der Waals surface area contributed by atoms with Gasteiger partial charge in [-0.05, 0) is 39.8 Å². The highest BCUT2D eigenvalue weighted by Crippen LogP contribution is 2.43. The van der Waals surface area contributed by atoms with E-state index in [0.29, 0.717) is 11.3 Å². The van der Waals surface area contributed by atoms with E-state index in [2.05, 4.69) is 21.0 Å². The van der Waals surface area contributed by atoms with Crippen LogP contribution in [0.5, 0.6) is 0 Å². The summed E-state index contributed by atoms with van der Waals surface area (Å²) in [7, 11) is 0. The summed E-state index contributed by atoms with van der Waals surface area (Å²) in [6.07, 6.45) is -1.15. The molecule has 6 nitrogen and oxygen atoms in total. The number of fused-ring (bicyclic) bond motifs is 1. The molecule has 7 heteroatoms. The second kappa shape index (κ2) is 5.48. The minimum absolute atomic E-state index is 0.0432. The molecule has 1 unspecified atom stereocenters. The van der Waals surface area contributed by atoms with Gasteiger partial charge in [-0.2, -0.15) is 4.79 Å². The first-order valence-electron chi connectivity index (χ1n) is 6.85. The number of esters is 1. The number of carbonyl (C=O) groups excluding carboxylic acids is 1. The van der Waals surface area contributed by atoms with Gasteiger partial charge in [-0.25, -0.2) is 4.79 Å². The topological polar surface area (TPSA) is 76.0 Å². The molecular weight excluding hydrogens is 352 g/mol. The van der Waals surface area contributed by atoms with Crippen molar-refractivity contribution < 1.29 is 19.4 Å². The highest BCUT2D eigenvalue weighted by Gasteiger charge is 2.58. The van der Waals surface area contributed by atoms with Crippen molar-refractivity contribution in [1.82, 2.24) is 4.59 Å². The van der Waals surface area contributed by atoms with Crippen LogP contribution in [0.4, 0.5) is 10.5 Å². The molecule has 1 aromatic rings. The zero-order valence-corrected chi connectivity index (χ0v) is 14.5. The van der Waals surface area contributed by atoms with Gasteiger partial charge in [-0.1, -0.05) is 25.6 Å². The van der Waals surface area contributed by atoms with E-state index >= 15 is 0 Å². The van der Waals surface area contributed by atoms with Crippen LogP contribution in [0.3, 0.4) is 0 Å². The fourth-order valence-electron chi connectivity index (χ4n) is 2.52. The fourth-order valence-corrected chi connectivity index (χ4v) is 2.87. The van der Waals surface area contributed by atoms with Gasteiger partial charge in [0.05, 0.1) is 12.2 Å². The molecule has 0 bridgehead atoms. The van der Waals surface area contributed by atoms with Crippen LogP contribution in [0.25, 0.3) is 0 Å². The number of halogens is 1. The molecule has 1 aromatic carbocycles. The highest BCUT2D eigenvalue weighted by molar-refractivity contribution is 9.10. The molecule has 0 aromatic heterocycles. The predicted molar refractivity (Wildman–Crippen MR) is 86.9 cm³/mol. The quantitative estimate of drug-likeness (QED) is 0.639. The normalized spacial score (nSPS) is 20.3. The van der Waals surface area contributed by atoms with E-state index in [-0.39, 0.29) is 12.3 Å². The van der Waals surface area contributed by atoms with E-state index in [9.17, 15) is 14.7 Å². The van der Waals surface area contributed by atoms with Crippen molar-refractivity contribution in [2.24, 2.45) is 5.10 Å². The summed E-state index contributed by atoms with van der Waals surface area (Å²) in [6.45, 7) is 7.20. The lowest BCUT2D eigenvalue weighted by atomic mass is 10.0. The third-order valence-electron chi connectivity index (χ3n) is 3.53. The molecule has 1 aliphatic heterocycles. The Bertz CT molecular complexity index is 679. The lowest BCUT2D eigenvalue weighted by molar-refractivity contribution is -0.134. The molecule has 1 amide bonds. The number of benzene rings is 1. The van der Waals surface area contributed by atoms with Crippen LogP contribution in [0.2, 0.25) is 0 Å². The smallest absolute Gasteiger partial charge is 0.461 e. The van der Waals surface area contributed by atoms with E-state index in [4.69, 9.17) is 4.74 Å². The third kappa shape index (κ3) is 2.34. The predicted octanol–water partition coefficient (Wildman–Crippen LogP) is 3.51. The van der Waals surface area contributed by atoms with Gasteiger partial charge in [0.15, 0.2) is 5.69 Å². The number of hydrogen-bond donors (Lipinski definition) is 1. The Morgan fingerprint density at radius 2 is 2.00 bits per heavy atom. The van der Waals surface area contributed by atoms with Gasteiger partial charge in [-0.3, -0.25) is 0 Å². The number of quaternary nitrogens is 1. The average Bonchev–Trinajstić information content (AvgIpc) is 2.74. The monoisotopic (exact) mass is 369 g/mol. The van der Waals surface area contributed by atoms with Crippen LogP contribution >= 0.6 is 15.9 Å². The van der Waals surface area contributed by atoms with E-state index in [0.717, 1.165) is 4.47 Å². The van der Waals surface area contributed by atoms with Crippen LogP contribution in [-0.2, 0) is 9.53 Å². The lowest BCUT2D eigenvalue weighted by Crippen LogP contribution is -2.60. The minimum atomic E-state index is -1.15. The van der Waals surface area contributed by atoms with Crippen molar-refractivity contribution >= 4 is 39.4 Å². The summed E-state index contributed by atoms with van der Waals surface area (Å²) in [4.78, 5) is 24.2. The first-order chi connectivity index (χ1) is 10.1. The van der Waals surface area contributed by atoms with Crippen LogP contribution in [0.1, 0.15) is 33.3 Å². The van der Waals surface area contributed by atoms with Crippen molar-refractivity contribution in [2.75, 3.05) is 6.61 Å². The first-order valence-corrected chi connectivity index (χ1v) is 7.65. The summed E-state index contributed by atoms with van der Waals surface area (Å²) in [5.74, 6) is -0.614.